The maximum absolute atomic E-state index is 13.4. The first-order valence-electron chi connectivity index (χ1n) is 9.64. The van der Waals surface area contributed by atoms with Gasteiger partial charge in [0.2, 0.25) is 0 Å². The lowest BCUT2D eigenvalue weighted by molar-refractivity contribution is 0.0732. The number of rotatable bonds is 5. The molecule has 4 rings (SSSR count). The van der Waals surface area contributed by atoms with E-state index >= 15 is 0 Å². The number of nitrogens with zero attached hydrogens (tertiary/aromatic N) is 3. The second-order valence-corrected chi connectivity index (χ2v) is 7.73. The molecule has 27 heavy (non-hydrogen) atoms. The van der Waals surface area contributed by atoms with Crippen molar-refractivity contribution in [3.63, 3.8) is 0 Å². The van der Waals surface area contributed by atoms with E-state index in [1.807, 2.05) is 30.3 Å². The Morgan fingerprint density at radius 3 is 2.63 bits per heavy atom. The second kappa shape index (κ2) is 7.20. The Bertz CT molecular complexity index is 973. The van der Waals surface area contributed by atoms with Crippen LogP contribution in [0.5, 0.6) is 0 Å². The van der Waals surface area contributed by atoms with Crippen molar-refractivity contribution in [3.8, 4) is 0 Å². The van der Waals surface area contributed by atoms with Gasteiger partial charge in [0.15, 0.2) is 0 Å². The molecular weight excluding hydrogens is 334 g/mol. The van der Waals surface area contributed by atoms with Crippen LogP contribution in [0.4, 0.5) is 0 Å². The van der Waals surface area contributed by atoms with Gasteiger partial charge in [0.05, 0.1) is 11.6 Å². The Hall–Kier alpha value is -2.59. The molecule has 1 aliphatic carbocycles. The topological polar surface area (TPSA) is 28.5 Å². The molecule has 4 heteroatoms. The molecule has 1 atom stereocenters. The van der Waals surface area contributed by atoms with E-state index in [1.54, 1.807) is 0 Å². The quantitative estimate of drug-likeness (QED) is 0.688. The first-order chi connectivity index (χ1) is 13.1. The van der Waals surface area contributed by atoms with E-state index in [1.165, 1.54) is 11.1 Å². The van der Waals surface area contributed by atoms with Crippen molar-refractivity contribution in [1.82, 2.24) is 14.4 Å². The van der Waals surface area contributed by atoms with Crippen LogP contribution in [0.1, 0.15) is 33.9 Å². The fourth-order valence-corrected chi connectivity index (χ4v) is 4.18. The lowest BCUT2D eigenvalue weighted by Crippen LogP contribution is -2.30. The zero-order valence-corrected chi connectivity index (χ0v) is 16.4. The van der Waals surface area contributed by atoms with Gasteiger partial charge in [0.25, 0.3) is 5.91 Å². The predicted octanol–water partition coefficient (Wildman–Crippen LogP) is 3.96. The van der Waals surface area contributed by atoms with Gasteiger partial charge in [-0.15, -0.1) is 0 Å². The van der Waals surface area contributed by atoms with Crippen LogP contribution in [-0.4, -0.2) is 48.0 Å². The number of carbonyl (C=O) groups excluding carboxylic acids is 1. The molecule has 1 aromatic heterocycles. The van der Waals surface area contributed by atoms with Gasteiger partial charge in [-0.25, -0.2) is 0 Å². The number of hydrogen-bond donors (Lipinski definition) is 0. The molecule has 140 valence electrons. The fraction of sp³-hybridized carbons (Fsp3) is 0.348. The molecule has 3 aromatic rings. The fourth-order valence-electron chi connectivity index (χ4n) is 4.18. The van der Waals surface area contributed by atoms with Crippen LogP contribution in [0.15, 0.2) is 54.7 Å². The van der Waals surface area contributed by atoms with Crippen LogP contribution >= 0.6 is 0 Å². The van der Waals surface area contributed by atoms with E-state index in [0.29, 0.717) is 0 Å². The summed E-state index contributed by atoms with van der Waals surface area (Å²) in [5.41, 5.74) is 4.60. The number of likely N-dealkylation sites (N-methyl/N-ethyl adjacent to an activating group) is 1. The van der Waals surface area contributed by atoms with E-state index in [0.717, 1.165) is 42.4 Å². The van der Waals surface area contributed by atoms with Gasteiger partial charge < -0.3 is 14.4 Å². The molecule has 1 unspecified atom stereocenters. The van der Waals surface area contributed by atoms with Crippen LogP contribution in [0.25, 0.3) is 10.9 Å². The summed E-state index contributed by atoms with van der Waals surface area (Å²) in [6, 6.07) is 16.9. The summed E-state index contributed by atoms with van der Waals surface area (Å²) in [6.07, 6.45) is 4.08. The SMILES string of the molecule is CN(C)CCn1cc(C(=O)N(C)C2CCc3ccccc32)c2ccccc21. The van der Waals surface area contributed by atoms with Crippen LogP contribution in [0.3, 0.4) is 0 Å². The smallest absolute Gasteiger partial charge is 0.256 e. The minimum absolute atomic E-state index is 0.108. The number of aryl methyl sites for hydroxylation is 1. The molecule has 0 bridgehead atoms. The summed E-state index contributed by atoms with van der Waals surface area (Å²) in [7, 11) is 6.09. The number of carbonyl (C=O) groups is 1. The maximum Gasteiger partial charge on any atom is 0.256 e. The van der Waals surface area contributed by atoms with Gasteiger partial charge in [0.1, 0.15) is 0 Å². The lowest BCUT2D eigenvalue weighted by atomic mass is 10.1. The van der Waals surface area contributed by atoms with Crippen molar-refractivity contribution in [1.29, 1.82) is 0 Å². The van der Waals surface area contributed by atoms with E-state index in [4.69, 9.17) is 0 Å². The van der Waals surface area contributed by atoms with Gasteiger partial charge in [-0.1, -0.05) is 42.5 Å². The highest BCUT2D eigenvalue weighted by Gasteiger charge is 2.30. The Kier molecular flexibility index (Phi) is 4.75. The normalized spacial score (nSPS) is 16.1. The molecule has 1 amide bonds. The average molecular weight is 361 g/mol. The summed E-state index contributed by atoms with van der Waals surface area (Å²) in [4.78, 5) is 17.5. The van der Waals surface area contributed by atoms with Crippen LogP contribution in [0.2, 0.25) is 0 Å². The molecule has 1 heterocycles. The summed E-state index contributed by atoms with van der Waals surface area (Å²) in [6.45, 7) is 1.81. The number of fused-ring (bicyclic) bond motifs is 2. The molecule has 4 nitrogen and oxygen atoms in total. The molecule has 2 aromatic carbocycles. The number of hydrogen-bond acceptors (Lipinski definition) is 2. The van der Waals surface area contributed by atoms with Crippen molar-refractivity contribution in [2.24, 2.45) is 0 Å². The highest BCUT2D eigenvalue weighted by atomic mass is 16.2. The van der Waals surface area contributed by atoms with E-state index < -0.39 is 0 Å². The van der Waals surface area contributed by atoms with Gasteiger partial charge in [-0.05, 0) is 44.1 Å². The molecule has 0 spiro atoms. The molecule has 0 saturated heterocycles. The first kappa shape index (κ1) is 17.8. The summed E-state index contributed by atoms with van der Waals surface area (Å²) in [5, 5.41) is 1.04. The van der Waals surface area contributed by atoms with Crippen molar-refractivity contribution >= 4 is 16.8 Å². The molecule has 1 aliphatic rings. The average Bonchev–Trinajstić information content (AvgIpc) is 3.27. The van der Waals surface area contributed by atoms with Crippen molar-refractivity contribution in [3.05, 3.63) is 71.4 Å². The molecule has 0 aliphatic heterocycles. The Labute approximate surface area is 161 Å². The van der Waals surface area contributed by atoms with Crippen molar-refractivity contribution < 1.29 is 4.79 Å². The number of benzene rings is 2. The first-order valence-corrected chi connectivity index (χ1v) is 9.64. The van der Waals surface area contributed by atoms with Crippen molar-refractivity contribution in [2.45, 2.75) is 25.4 Å². The predicted molar refractivity (Wildman–Crippen MR) is 110 cm³/mol. The van der Waals surface area contributed by atoms with Gasteiger partial charge in [-0.3, -0.25) is 4.79 Å². The molecular formula is C23H27N3O. The summed E-state index contributed by atoms with van der Waals surface area (Å²) >= 11 is 0. The van der Waals surface area contributed by atoms with Crippen LogP contribution < -0.4 is 0 Å². The lowest BCUT2D eigenvalue weighted by Gasteiger charge is -2.25. The Morgan fingerprint density at radius 1 is 1.07 bits per heavy atom. The Balaban J connectivity index is 1.67. The van der Waals surface area contributed by atoms with Gasteiger partial charge >= 0.3 is 0 Å². The monoisotopic (exact) mass is 361 g/mol. The molecule has 0 fully saturated rings. The highest BCUT2D eigenvalue weighted by Crippen LogP contribution is 2.36. The zero-order valence-electron chi connectivity index (χ0n) is 16.4. The van der Waals surface area contributed by atoms with Gasteiger partial charge in [0, 0.05) is 37.2 Å². The second-order valence-electron chi connectivity index (χ2n) is 7.73. The Morgan fingerprint density at radius 2 is 1.81 bits per heavy atom. The highest BCUT2D eigenvalue weighted by molar-refractivity contribution is 6.07. The number of aromatic nitrogens is 1. The molecule has 0 radical (unpaired) electrons. The van der Waals surface area contributed by atoms with Crippen LogP contribution in [-0.2, 0) is 13.0 Å². The third-order valence-corrected chi connectivity index (χ3v) is 5.70. The largest absolute Gasteiger partial charge is 0.345 e. The third-order valence-electron chi connectivity index (χ3n) is 5.70. The third kappa shape index (κ3) is 3.26. The van der Waals surface area contributed by atoms with E-state index in [9.17, 15) is 4.79 Å². The molecule has 0 N–H and O–H groups in total. The summed E-state index contributed by atoms with van der Waals surface area (Å²) in [5.74, 6) is 0.108. The maximum atomic E-state index is 13.4. The van der Waals surface area contributed by atoms with Crippen molar-refractivity contribution in [2.75, 3.05) is 27.7 Å². The summed E-state index contributed by atoms with van der Waals surface area (Å²) < 4.78 is 2.21. The van der Waals surface area contributed by atoms with Gasteiger partial charge in [-0.2, -0.15) is 0 Å². The van der Waals surface area contributed by atoms with E-state index in [-0.39, 0.29) is 11.9 Å². The minimum Gasteiger partial charge on any atom is -0.345 e. The number of para-hydroxylation sites is 1. The number of amides is 1. The standard InChI is InChI=1S/C23H27N3O/c1-24(2)14-15-26-16-20(19-10-6-7-11-22(19)26)23(27)25(3)21-13-12-17-8-4-5-9-18(17)21/h4-11,16,21H,12-15H2,1-3H3. The van der Waals surface area contributed by atoms with E-state index in [2.05, 4.69) is 60.0 Å². The molecule has 0 saturated carbocycles. The zero-order chi connectivity index (χ0) is 19.0. The minimum atomic E-state index is 0.108. The van der Waals surface area contributed by atoms with Crippen LogP contribution in [0, 0.1) is 0 Å².